The molecule has 0 aliphatic rings. The number of hydrogen-bond donors (Lipinski definition) is 2. The van der Waals surface area contributed by atoms with Crippen LogP contribution in [-0.4, -0.2) is 18.0 Å². The van der Waals surface area contributed by atoms with Gasteiger partial charge in [-0.2, -0.15) is 0 Å². The maximum absolute atomic E-state index is 12.0. The minimum absolute atomic E-state index is 0.00743. The van der Waals surface area contributed by atoms with Gasteiger partial charge in [-0.3, -0.25) is 4.79 Å². The summed E-state index contributed by atoms with van der Waals surface area (Å²) in [6, 6.07) is 7.58. The summed E-state index contributed by atoms with van der Waals surface area (Å²) in [5.41, 5.74) is 7.00. The Hall–Kier alpha value is -1.06. The minimum Gasteiger partial charge on any atom is -0.353 e. The summed E-state index contributed by atoms with van der Waals surface area (Å²) in [7, 11) is 0. The standard InChI is InChI=1S/C16H25ClN2O/c1-11(9-12-7-5-6-8-13(12)17)19-15(20)10-14(18)16(2,3)4/h5-8,11,14H,9-10,18H2,1-4H3,(H,19,20). The van der Waals surface area contributed by atoms with Crippen LogP contribution in [0.2, 0.25) is 5.02 Å². The van der Waals surface area contributed by atoms with Gasteiger partial charge in [0.15, 0.2) is 0 Å². The van der Waals surface area contributed by atoms with Gasteiger partial charge in [-0.05, 0) is 30.4 Å². The number of carbonyl (C=O) groups is 1. The first-order chi connectivity index (χ1) is 9.20. The fourth-order valence-electron chi connectivity index (χ4n) is 1.88. The van der Waals surface area contributed by atoms with Gasteiger partial charge in [0, 0.05) is 23.5 Å². The predicted octanol–water partition coefficient (Wildman–Crippen LogP) is 3.15. The SMILES string of the molecule is CC(Cc1ccccc1Cl)NC(=O)CC(N)C(C)(C)C. The Bertz CT molecular complexity index is 454. The number of amides is 1. The van der Waals surface area contributed by atoms with Crippen molar-refractivity contribution in [3.8, 4) is 0 Å². The summed E-state index contributed by atoms with van der Waals surface area (Å²) in [6.45, 7) is 8.10. The highest BCUT2D eigenvalue weighted by atomic mass is 35.5. The van der Waals surface area contributed by atoms with E-state index in [-0.39, 0.29) is 23.4 Å². The second-order valence-corrected chi connectivity index (χ2v) is 6.85. The van der Waals surface area contributed by atoms with E-state index in [4.69, 9.17) is 17.3 Å². The van der Waals surface area contributed by atoms with E-state index in [2.05, 4.69) is 5.32 Å². The lowest BCUT2D eigenvalue weighted by molar-refractivity contribution is -0.122. The van der Waals surface area contributed by atoms with Crippen molar-refractivity contribution in [2.45, 2.75) is 52.6 Å². The van der Waals surface area contributed by atoms with Gasteiger partial charge in [0.1, 0.15) is 0 Å². The van der Waals surface area contributed by atoms with Crippen LogP contribution < -0.4 is 11.1 Å². The molecule has 1 amide bonds. The molecule has 20 heavy (non-hydrogen) atoms. The van der Waals surface area contributed by atoms with Crippen molar-refractivity contribution in [2.24, 2.45) is 11.1 Å². The number of halogens is 1. The summed E-state index contributed by atoms with van der Waals surface area (Å²) >= 11 is 6.12. The molecule has 0 aromatic heterocycles. The average molecular weight is 297 g/mol. The molecular weight excluding hydrogens is 272 g/mol. The summed E-state index contributed by atoms with van der Waals surface area (Å²) in [4.78, 5) is 12.0. The van der Waals surface area contributed by atoms with E-state index in [1.807, 2.05) is 52.0 Å². The number of hydrogen-bond acceptors (Lipinski definition) is 2. The maximum Gasteiger partial charge on any atom is 0.221 e. The number of rotatable bonds is 5. The molecule has 0 fully saturated rings. The van der Waals surface area contributed by atoms with E-state index >= 15 is 0 Å². The molecule has 2 atom stereocenters. The lowest BCUT2D eigenvalue weighted by atomic mass is 9.85. The lowest BCUT2D eigenvalue weighted by Crippen LogP contribution is -2.42. The van der Waals surface area contributed by atoms with E-state index in [1.54, 1.807) is 0 Å². The molecule has 1 rings (SSSR count). The quantitative estimate of drug-likeness (QED) is 0.877. The molecule has 2 unspecified atom stereocenters. The van der Waals surface area contributed by atoms with Gasteiger partial charge < -0.3 is 11.1 Å². The van der Waals surface area contributed by atoms with Crippen molar-refractivity contribution >= 4 is 17.5 Å². The molecule has 3 nitrogen and oxygen atoms in total. The molecule has 112 valence electrons. The number of nitrogens with one attached hydrogen (secondary N) is 1. The Morgan fingerprint density at radius 1 is 1.35 bits per heavy atom. The Morgan fingerprint density at radius 2 is 1.95 bits per heavy atom. The normalized spacial score (nSPS) is 14.7. The molecule has 0 bridgehead atoms. The third-order valence-corrected chi connectivity index (χ3v) is 3.78. The highest BCUT2D eigenvalue weighted by molar-refractivity contribution is 6.31. The molecule has 0 aliphatic carbocycles. The van der Waals surface area contributed by atoms with Crippen LogP contribution in [-0.2, 0) is 11.2 Å². The fraction of sp³-hybridized carbons (Fsp3) is 0.562. The molecule has 0 heterocycles. The highest BCUT2D eigenvalue weighted by Gasteiger charge is 2.23. The van der Waals surface area contributed by atoms with Crippen LogP contribution in [0.3, 0.4) is 0 Å². The van der Waals surface area contributed by atoms with Crippen molar-refractivity contribution in [3.05, 3.63) is 34.9 Å². The summed E-state index contributed by atoms with van der Waals surface area (Å²) in [5, 5.41) is 3.72. The predicted molar refractivity (Wildman–Crippen MR) is 84.8 cm³/mol. The Kier molecular flexibility index (Phi) is 6.03. The van der Waals surface area contributed by atoms with E-state index < -0.39 is 0 Å². The van der Waals surface area contributed by atoms with E-state index in [0.717, 1.165) is 17.0 Å². The molecule has 0 aliphatic heterocycles. The van der Waals surface area contributed by atoms with Gasteiger partial charge in [-0.25, -0.2) is 0 Å². The van der Waals surface area contributed by atoms with Crippen molar-refractivity contribution < 1.29 is 4.79 Å². The van der Waals surface area contributed by atoms with Gasteiger partial charge in [-0.1, -0.05) is 50.6 Å². The van der Waals surface area contributed by atoms with Crippen LogP contribution in [0.4, 0.5) is 0 Å². The van der Waals surface area contributed by atoms with Crippen molar-refractivity contribution in [1.82, 2.24) is 5.32 Å². The van der Waals surface area contributed by atoms with Gasteiger partial charge in [0.2, 0.25) is 5.91 Å². The van der Waals surface area contributed by atoms with Crippen LogP contribution in [0, 0.1) is 5.41 Å². The van der Waals surface area contributed by atoms with Crippen LogP contribution in [0.25, 0.3) is 0 Å². The first kappa shape index (κ1) is 17.0. The first-order valence-corrected chi connectivity index (χ1v) is 7.36. The monoisotopic (exact) mass is 296 g/mol. The molecular formula is C16H25ClN2O. The molecule has 1 aromatic carbocycles. The zero-order chi connectivity index (χ0) is 15.3. The zero-order valence-corrected chi connectivity index (χ0v) is 13.5. The summed E-state index contributed by atoms with van der Waals surface area (Å²) < 4.78 is 0. The molecule has 1 aromatic rings. The van der Waals surface area contributed by atoms with Crippen LogP contribution >= 0.6 is 11.6 Å². The number of carbonyl (C=O) groups excluding carboxylic acids is 1. The molecule has 4 heteroatoms. The second-order valence-electron chi connectivity index (χ2n) is 6.44. The Balaban J connectivity index is 2.49. The van der Waals surface area contributed by atoms with Crippen LogP contribution in [0.5, 0.6) is 0 Å². The number of benzene rings is 1. The van der Waals surface area contributed by atoms with E-state index in [9.17, 15) is 4.79 Å². The fourth-order valence-corrected chi connectivity index (χ4v) is 2.10. The third kappa shape index (κ3) is 5.51. The topological polar surface area (TPSA) is 55.1 Å². The van der Waals surface area contributed by atoms with E-state index in [1.165, 1.54) is 0 Å². The van der Waals surface area contributed by atoms with Gasteiger partial charge in [0.25, 0.3) is 0 Å². The third-order valence-electron chi connectivity index (χ3n) is 3.41. The molecule has 0 radical (unpaired) electrons. The Morgan fingerprint density at radius 3 is 2.50 bits per heavy atom. The summed E-state index contributed by atoms with van der Waals surface area (Å²) in [6.07, 6.45) is 1.06. The lowest BCUT2D eigenvalue weighted by Gasteiger charge is -2.27. The van der Waals surface area contributed by atoms with Crippen molar-refractivity contribution in [3.63, 3.8) is 0 Å². The largest absolute Gasteiger partial charge is 0.353 e. The first-order valence-electron chi connectivity index (χ1n) is 6.98. The Labute approximate surface area is 126 Å². The van der Waals surface area contributed by atoms with E-state index in [0.29, 0.717) is 6.42 Å². The van der Waals surface area contributed by atoms with Gasteiger partial charge >= 0.3 is 0 Å². The second kappa shape index (κ2) is 7.09. The molecule has 0 spiro atoms. The van der Waals surface area contributed by atoms with Crippen LogP contribution in [0.15, 0.2) is 24.3 Å². The number of nitrogens with two attached hydrogens (primary N) is 1. The van der Waals surface area contributed by atoms with Crippen molar-refractivity contribution in [1.29, 1.82) is 0 Å². The maximum atomic E-state index is 12.0. The highest BCUT2D eigenvalue weighted by Crippen LogP contribution is 2.20. The smallest absolute Gasteiger partial charge is 0.221 e. The molecule has 0 saturated carbocycles. The van der Waals surface area contributed by atoms with Gasteiger partial charge in [0.05, 0.1) is 0 Å². The summed E-state index contributed by atoms with van der Waals surface area (Å²) in [5.74, 6) is -0.00743. The molecule has 0 saturated heterocycles. The van der Waals surface area contributed by atoms with Crippen molar-refractivity contribution in [2.75, 3.05) is 0 Å². The average Bonchev–Trinajstić information content (AvgIpc) is 2.30. The minimum atomic E-state index is -0.144. The van der Waals surface area contributed by atoms with Gasteiger partial charge in [-0.15, -0.1) is 0 Å². The van der Waals surface area contributed by atoms with Crippen LogP contribution in [0.1, 0.15) is 39.7 Å². The zero-order valence-electron chi connectivity index (χ0n) is 12.7. The molecule has 3 N–H and O–H groups in total.